The molecule has 2 rings (SSSR count). The van der Waals surface area contributed by atoms with Gasteiger partial charge in [-0.2, -0.15) is 0 Å². The summed E-state index contributed by atoms with van der Waals surface area (Å²) in [5.74, 6) is 1.69. The molecule has 0 saturated carbocycles. The fourth-order valence-electron chi connectivity index (χ4n) is 2.52. The Morgan fingerprint density at radius 1 is 1.47 bits per heavy atom. The van der Waals surface area contributed by atoms with Gasteiger partial charge in [-0.15, -0.1) is 0 Å². The van der Waals surface area contributed by atoms with Crippen LogP contribution in [0, 0.1) is 19.4 Å². The number of benzene rings is 1. The molecule has 1 fully saturated rings. The minimum absolute atomic E-state index is 0.551. The number of nitrogens with one attached hydrogen (secondary N) is 1. The highest BCUT2D eigenvalue weighted by Gasteiger charge is 2.13. The molecule has 0 amide bonds. The molecule has 1 aliphatic rings. The van der Waals surface area contributed by atoms with E-state index in [1.165, 1.54) is 24.9 Å². The van der Waals surface area contributed by atoms with Crippen LogP contribution in [0.1, 0.15) is 30.4 Å². The van der Waals surface area contributed by atoms with Gasteiger partial charge in [-0.25, -0.2) is 0 Å². The second-order valence-corrected chi connectivity index (χ2v) is 5.28. The maximum absolute atomic E-state index is 5.84. The molecular formula is C16H23N2O+. The molecule has 3 nitrogen and oxygen atoms in total. The lowest BCUT2D eigenvalue weighted by Gasteiger charge is -2.22. The van der Waals surface area contributed by atoms with Crippen molar-refractivity contribution in [3.05, 3.63) is 34.2 Å². The molecule has 0 bridgehead atoms. The summed E-state index contributed by atoms with van der Waals surface area (Å²) in [6.07, 6.45) is 3.73. The Balaban J connectivity index is 1.82. The molecule has 0 radical (unpaired) electrons. The van der Waals surface area contributed by atoms with Gasteiger partial charge < -0.3 is 10.1 Å². The molecule has 102 valence electrons. The minimum Gasteiger partial charge on any atom is -0.494 e. The van der Waals surface area contributed by atoms with E-state index in [9.17, 15) is 0 Å². The van der Waals surface area contributed by atoms with E-state index in [0.717, 1.165) is 36.8 Å². The molecule has 19 heavy (non-hydrogen) atoms. The predicted molar refractivity (Wildman–Crippen MR) is 78.9 cm³/mol. The smallest absolute Gasteiger partial charge is 0.288 e. The second-order valence-electron chi connectivity index (χ2n) is 5.28. The van der Waals surface area contributed by atoms with E-state index < -0.39 is 0 Å². The highest BCUT2D eigenvalue weighted by molar-refractivity contribution is 5.35. The molecule has 3 heteroatoms. The van der Waals surface area contributed by atoms with Gasteiger partial charge in [-0.3, -0.25) is 0 Å². The Morgan fingerprint density at radius 2 is 2.37 bits per heavy atom. The van der Waals surface area contributed by atoms with E-state index >= 15 is 0 Å². The van der Waals surface area contributed by atoms with Gasteiger partial charge in [0.25, 0.3) is 13.1 Å². The molecule has 1 heterocycles. The van der Waals surface area contributed by atoms with Gasteiger partial charge in [0.2, 0.25) is 0 Å². The molecule has 1 unspecified atom stereocenters. The predicted octanol–water partition coefficient (Wildman–Crippen LogP) is 3.23. The summed E-state index contributed by atoms with van der Waals surface area (Å²) in [7, 11) is 0. The third-order valence-corrected chi connectivity index (χ3v) is 3.78. The number of aryl methyl sites for hydroxylation is 1. The zero-order valence-electron chi connectivity index (χ0n) is 11.7. The van der Waals surface area contributed by atoms with Crippen LogP contribution >= 0.6 is 0 Å². The van der Waals surface area contributed by atoms with Crippen LogP contribution in [-0.4, -0.2) is 19.7 Å². The molecule has 0 spiro atoms. The summed E-state index contributed by atoms with van der Waals surface area (Å²) < 4.78 is 5.84. The van der Waals surface area contributed by atoms with Gasteiger partial charge in [-0.1, -0.05) is 10.9 Å². The summed E-state index contributed by atoms with van der Waals surface area (Å²) >= 11 is 0. The van der Waals surface area contributed by atoms with Crippen molar-refractivity contribution in [2.75, 3.05) is 19.7 Å². The van der Waals surface area contributed by atoms with Gasteiger partial charge in [-0.05, 0) is 62.9 Å². The highest BCUT2D eigenvalue weighted by atomic mass is 16.5. The van der Waals surface area contributed by atoms with Crippen molar-refractivity contribution in [3.63, 3.8) is 0 Å². The first-order chi connectivity index (χ1) is 9.29. The van der Waals surface area contributed by atoms with Crippen molar-refractivity contribution in [3.8, 4) is 12.3 Å². The number of ether oxygens (including phenoxy) is 1. The zero-order valence-corrected chi connectivity index (χ0v) is 11.7. The maximum Gasteiger partial charge on any atom is 0.288 e. The standard InChI is InChI=1S/C16H23N2O/c1-13-5-6-16(10-15(13)12-17-2)19-9-7-14-4-3-8-18-11-14/h2,5-6,10,14,18H,3-4,7-9,11-12H2,1H3/q+1. The van der Waals surface area contributed by atoms with E-state index in [-0.39, 0.29) is 0 Å². The van der Waals surface area contributed by atoms with Crippen LogP contribution in [0.5, 0.6) is 5.75 Å². The first-order valence-corrected chi connectivity index (χ1v) is 7.09. The lowest BCUT2D eigenvalue weighted by molar-refractivity contribution is 0.254. The molecule has 0 aromatic heterocycles. The molecule has 1 aromatic rings. The van der Waals surface area contributed by atoms with Gasteiger partial charge >= 0.3 is 0 Å². The van der Waals surface area contributed by atoms with Crippen molar-refractivity contribution in [1.29, 1.82) is 0 Å². The number of hydrogen-bond acceptors (Lipinski definition) is 2. The molecule has 1 N–H and O–H groups in total. The third-order valence-electron chi connectivity index (χ3n) is 3.78. The van der Waals surface area contributed by atoms with Crippen molar-refractivity contribution >= 4 is 0 Å². The normalized spacial score (nSPS) is 18.8. The number of rotatable bonds is 5. The summed E-state index contributed by atoms with van der Waals surface area (Å²) in [6, 6.07) is 6.14. The Kier molecular flexibility index (Phi) is 5.23. The molecule has 1 aromatic carbocycles. The third kappa shape index (κ3) is 4.25. The lowest BCUT2D eigenvalue weighted by Crippen LogP contribution is -2.30. The van der Waals surface area contributed by atoms with E-state index in [2.05, 4.69) is 23.2 Å². The van der Waals surface area contributed by atoms with Crippen LogP contribution in [-0.2, 0) is 6.54 Å². The Morgan fingerprint density at radius 3 is 3.11 bits per heavy atom. The Bertz CT molecular complexity index is 445. The Labute approximate surface area is 115 Å². The fourth-order valence-corrected chi connectivity index (χ4v) is 2.52. The van der Waals surface area contributed by atoms with Crippen molar-refractivity contribution in [2.24, 2.45) is 5.92 Å². The van der Waals surface area contributed by atoms with E-state index in [4.69, 9.17) is 11.3 Å². The van der Waals surface area contributed by atoms with Gasteiger partial charge in [0.05, 0.1) is 6.61 Å². The fraction of sp³-hybridized carbons (Fsp3) is 0.562. The molecule has 1 aliphatic heterocycles. The Hall–Kier alpha value is -1.53. The first-order valence-electron chi connectivity index (χ1n) is 7.09. The van der Waals surface area contributed by atoms with Crippen molar-refractivity contribution in [2.45, 2.75) is 32.7 Å². The zero-order chi connectivity index (χ0) is 13.5. The van der Waals surface area contributed by atoms with Crippen molar-refractivity contribution < 1.29 is 4.74 Å². The number of piperidine rings is 1. The van der Waals surface area contributed by atoms with E-state index in [1.807, 2.05) is 12.1 Å². The molecule has 1 atom stereocenters. The van der Waals surface area contributed by atoms with Crippen LogP contribution in [0.25, 0.3) is 4.85 Å². The van der Waals surface area contributed by atoms with E-state index in [0.29, 0.717) is 6.54 Å². The molecule has 0 aliphatic carbocycles. The van der Waals surface area contributed by atoms with Gasteiger partial charge in [0.15, 0.2) is 0 Å². The number of hydrogen-bond donors (Lipinski definition) is 1. The van der Waals surface area contributed by atoms with Gasteiger partial charge in [0, 0.05) is 5.56 Å². The quantitative estimate of drug-likeness (QED) is 0.878. The average Bonchev–Trinajstić information content (AvgIpc) is 2.44. The minimum atomic E-state index is 0.551. The summed E-state index contributed by atoms with van der Waals surface area (Å²) in [5.41, 5.74) is 2.34. The second kappa shape index (κ2) is 7.16. The van der Waals surface area contributed by atoms with E-state index in [1.54, 1.807) is 0 Å². The SMILES string of the molecule is C#[N+]Cc1cc(OCCC2CCCNC2)ccc1C. The largest absolute Gasteiger partial charge is 0.494 e. The molecular weight excluding hydrogens is 236 g/mol. The summed E-state index contributed by atoms with van der Waals surface area (Å²) in [6.45, 7) is 11.0. The highest BCUT2D eigenvalue weighted by Crippen LogP contribution is 2.20. The van der Waals surface area contributed by atoms with Crippen LogP contribution in [0.4, 0.5) is 0 Å². The lowest BCUT2D eigenvalue weighted by atomic mass is 9.97. The first kappa shape index (κ1) is 13.9. The maximum atomic E-state index is 5.84. The molecule has 1 saturated heterocycles. The topological polar surface area (TPSA) is 25.6 Å². The van der Waals surface area contributed by atoms with Crippen molar-refractivity contribution in [1.82, 2.24) is 5.32 Å². The van der Waals surface area contributed by atoms with Gasteiger partial charge in [0.1, 0.15) is 5.75 Å². The summed E-state index contributed by atoms with van der Waals surface area (Å²) in [5, 5.41) is 3.43. The van der Waals surface area contributed by atoms with Crippen LogP contribution in [0.2, 0.25) is 0 Å². The average molecular weight is 259 g/mol. The van der Waals surface area contributed by atoms with Crippen LogP contribution in [0.3, 0.4) is 0 Å². The number of nitrogens with zero attached hydrogens (tertiary/aromatic N) is 1. The monoisotopic (exact) mass is 259 g/mol. The summed E-state index contributed by atoms with van der Waals surface area (Å²) in [4.78, 5) is 3.70. The van der Waals surface area contributed by atoms with Crippen LogP contribution in [0.15, 0.2) is 18.2 Å². The van der Waals surface area contributed by atoms with Crippen LogP contribution < -0.4 is 10.1 Å².